The summed E-state index contributed by atoms with van der Waals surface area (Å²) in [7, 11) is 1.63. The van der Waals surface area contributed by atoms with Crippen LogP contribution in [-0.4, -0.2) is 52.1 Å². The van der Waals surface area contributed by atoms with Gasteiger partial charge >= 0.3 is 6.09 Å². The molecule has 3 heterocycles. The molecule has 4 rings (SSSR count). The first-order valence-electron chi connectivity index (χ1n) is 10.8. The molecule has 168 valence electrons. The number of nitrogens with zero attached hydrogens (tertiary/aromatic N) is 3. The van der Waals surface area contributed by atoms with Crippen LogP contribution < -0.4 is 10.1 Å². The van der Waals surface area contributed by atoms with Gasteiger partial charge in [-0.25, -0.2) is 9.78 Å². The number of ether oxygens (including phenoxy) is 2. The SMILES string of the molecule is COc1cccn2c(C(C)(C)NC(=O)C3[C@@H]4C[C@H]3CN(C(=O)OC(C)(C)C)C4)ncc12. The lowest BCUT2D eigenvalue weighted by Crippen LogP contribution is -2.62. The summed E-state index contributed by atoms with van der Waals surface area (Å²) in [6.45, 7) is 10.6. The van der Waals surface area contributed by atoms with Gasteiger partial charge in [0.2, 0.25) is 5.91 Å². The molecule has 2 amide bonds. The highest BCUT2D eigenvalue weighted by Crippen LogP contribution is 2.46. The summed E-state index contributed by atoms with van der Waals surface area (Å²) in [4.78, 5) is 31.9. The Labute approximate surface area is 182 Å². The lowest BCUT2D eigenvalue weighted by atomic mass is 9.61. The standard InChI is InChI=1S/C23H32N4O4/c1-22(2,3)31-21(29)26-12-14-10-15(13-26)18(14)19(28)25-23(4,5)20-24-11-16-17(30-6)8-7-9-27(16)20/h7-9,11,14-15,18H,10,12-13H2,1-6H3,(H,25,28)/t14-,15+,18?. The molecule has 0 spiro atoms. The smallest absolute Gasteiger partial charge is 0.410 e. The normalized spacial score (nSPS) is 23.3. The van der Waals surface area contributed by atoms with Gasteiger partial charge in [0.25, 0.3) is 0 Å². The van der Waals surface area contributed by atoms with E-state index in [4.69, 9.17) is 9.47 Å². The molecule has 1 N–H and O–H groups in total. The molecule has 0 aromatic carbocycles. The molecule has 2 aromatic heterocycles. The Balaban J connectivity index is 1.44. The number of likely N-dealkylation sites (tertiary alicyclic amines) is 1. The number of methoxy groups -OCH3 is 1. The number of carbonyl (C=O) groups is 2. The number of carbonyl (C=O) groups excluding carboxylic acids is 2. The van der Waals surface area contributed by atoms with Gasteiger partial charge in [-0.15, -0.1) is 0 Å². The molecule has 1 aliphatic heterocycles. The van der Waals surface area contributed by atoms with E-state index in [9.17, 15) is 9.59 Å². The molecule has 1 saturated carbocycles. The van der Waals surface area contributed by atoms with Gasteiger partial charge in [0, 0.05) is 25.2 Å². The van der Waals surface area contributed by atoms with Crippen LogP contribution >= 0.6 is 0 Å². The van der Waals surface area contributed by atoms with Crippen molar-refractivity contribution in [1.29, 1.82) is 0 Å². The highest BCUT2D eigenvalue weighted by atomic mass is 16.6. The predicted octanol–water partition coefficient (Wildman–Crippen LogP) is 3.20. The second-order valence-corrected chi connectivity index (χ2v) is 10.2. The first-order chi connectivity index (χ1) is 14.5. The second kappa shape index (κ2) is 7.43. The summed E-state index contributed by atoms with van der Waals surface area (Å²) in [5.74, 6) is 1.75. The van der Waals surface area contributed by atoms with Crippen LogP contribution in [0.15, 0.2) is 24.5 Å². The fourth-order valence-corrected chi connectivity index (χ4v) is 4.87. The van der Waals surface area contributed by atoms with E-state index in [2.05, 4.69) is 10.3 Å². The average Bonchev–Trinajstić information content (AvgIpc) is 3.11. The third kappa shape index (κ3) is 3.95. The molecule has 8 nitrogen and oxygen atoms in total. The van der Waals surface area contributed by atoms with Crippen molar-refractivity contribution >= 4 is 17.5 Å². The quantitative estimate of drug-likeness (QED) is 0.808. The first kappa shape index (κ1) is 21.5. The van der Waals surface area contributed by atoms with E-state index < -0.39 is 11.1 Å². The number of hydrogen-bond acceptors (Lipinski definition) is 5. The second-order valence-electron chi connectivity index (χ2n) is 10.2. The summed E-state index contributed by atoms with van der Waals surface area (Å²) in [5.41, 5.74) is -0.324. The third-order valence-corrected chi connectivity index (χ3v) is 6.23. The van der Waals surface area contributed by atoms with Gasteiger partial charge in [-0.3, -0.25) is 9.20 Å². The van der Waals surface area contributed by atoms with Gasteiger partial charge in [0.1, 0.15) is 22.7 Å². The zero-order valence-electron chi connectivity index (χ0n) is 19.1. The molecule has 1 unspecified atom stereocenters. The average molecular weight is 429 g/mol. The van der Waals surface area contributed by atoms with Gasteiger partial charge in [-0.1, -0.05) is 0 Å². The van der Waals surface area contributed by atoms with E-state index in [1.807, 2.05) is 57.3 Å². The van der Waals surface area contributed by atoms with Gasteiger partial charge < -0.3 is 19.7 Å². The van der Waals surface area contributed by atoms with Crippen molar-refractivity contribution in [3.63, 3.8) is 0 Å². The van der Waals surface area contributed by atoms with Gasteiger partial charge in [0.15, 0.2) is 0 Å². The Morgan fingerprint density at radius 3 is 2.45 bits per heavy atom. The number of amides is 2. The molecule has 3 atom stereocenters. The molecule has 8 heteroatoms. The van der Waals surface area contributed by atoms with Crippen molar-refractivity contribution in [2.24, 2.45) is 17.8 Å². The number of aromatic nitrogens is 2. The maximum absolute atomic E-state index is 13.2. The summed E-state index contributed by atoms with van der Waals surface area (Å²) in [6, 6.07) is 3.79. The summed E-state index contributed by atoms with van der Waals surface area (Å²) >= 11 is 0. The van der Waals surface area contributed by atoms with Gasteiger partial charge in [-0.2, -0.15) is 0 Å². The minimum absolute atomic E-state index is 0.0229. The number of hydrogen-bond donors (Lipinski definition) is 1. The van der Waals surface area contributed by atoms with Crippen molar-refractivity contribution in [3.05, 3.63) is 30.4 Å². The van der Waals surface area contributed by atoms with E-state index in [0.29, 0.717) is 13.1 Å². The summed E-state index contributed by atoms with van der Waals surface area (Å²) < 4.78 is 12.9. The molecule has 1 aliphatic carbocycles. The van der Waals surface area contributed by atoms with Crippen LogP contribution in [0, 0.1) is 17.8 Å². The number of nitrogens with one attached hydrogen (secondary N) is 1. The maximum atomic E-state index is 13.2. The Morgan fingerprint density at radius 2 is 1.84 bits per heavy atom. The van der Waals surface area contributed by atoms with Crippen molar-refractivity contribution in [3.8, 4) is 5.75 Å². The molecule has 0 radical (unpaired) electrons. The monoisotopic (exact) mass is 428 g/mol. The molecule has 31 heavy (non-hydrogen) atoms. The topological polar surface area (TPSA) is 85.2 Å². The van der Waals surface area contributed by atoms with Crippen molar-refractivity contribution in [2.75, 3.05) is 20.2 Å². The number of imidazole rings is 1. The largest absolute Gasteiger partial charge is 0.494 e. The molecular formula is C23H32N4O4. The number of fused-ring (bicyclic) bond motifs is 3. The van der Waals surface area contributed by atoms with Crippen LogP contribution in [0.5, 0.6) is 5.75 Å². The Bertz CT molecular complexity index is 995. The minimum Gasteiger partial charge on any atom is -0.494 e. The van der Waals surface area contributed by atoms with Crippen LogP contribution in [0.2, 0.25) is 0 Å². The predicted molar refractivity (Wildman–Crippen MR) is 116 cm³/mol. The van der Waals surface area contributed by atoms with Crippen molar-refractivity contribution < 1.29 is 19.1 Å². The zero-order chi connectivity index (χ0) is 22.6. The van der Waals surface area contributed by atoms with Crippen molar-refractivity contribution in [2.45, 2.75) is 52.2 Å². The molecule has 2 aromatic rings. The Kier molecular flexibility index (Phi) is 5.14. The van der Waals surface area contributed by atoms with Gasteiger partial charge in [-0.05, 0) is 65.0 Å². The lowest BCUT2D eigenvalue weighted by Gasteiger charge is -2.52. The van der Waals surface area contributed by atoms with Crippen LogP contribution in [0.25, 0.3) is 5.52 Å². The summed E-state index contributed by atoms with van der Waals surface area (Å²) in [5, 5.41) is 3.20. The van der Waals surface area contributed by atoms with E-state index >= 15 is 0 Å². The fraction of sp³-hybridized carbons (Fsp3) is 0.609. The van der Waals surface area contributed by atoms with Crippen LogP contribution in [-0.2, 0) is 15.1 Å². The minimum atomic E-state index is -0.662. The van der Waals surface area contributed by atoms with Crippen LogP contribution in [0.4, 0.5) is 4.79 Å². The van der Waals surface area contributed by atoms with E-state index in [-0.39, 0.29) is 29.8 Å². The first-order valence-corrected chi connectivity index (χ1v) is 10.8. The third-order valence-electron chi connectivity index (χ3n) is 6.23. The molecule has 1 saturated heterocycles. The lowest BCUT2D eigenvalue weighted by molar-refractivity contribution is -0.143. The Morgan fingerprint density at radius 1 is 1.16 bits per heavy atom. The molecule has 2 bridgehead atoms. The maximum Gasteiger partial charge on any atom is 0.410 e. The Hall–Kier alpha value is -2.77. The van der Waals surface area contributed by atoms with Crippen LogP contribution in [0.3, 0.4) is 0 Å². The number of piperidine rings is 2. The summed E-state index contributed by atoms with van der Waals surface area (Å²) in [6.07, 6.45) is 4.37. The fourth-order valence-electron chi connectivity index (χ4n) is 4.87. The highest BCUT2D eigenvalue weighted by Gasteiger charge is 2.52. The van der Waals surface area contributed by atoms with Gasteiger partial charge in [0.05, 0.1) is 18.8 Å². The van der Waals surface area contributed by atoms with E-state index in [1.54, 1.807) is 18.2 Å². The molecule has 2 aliphatic rings. The molecule has 2 fully saturated rings. The van der Waals surface area contributed by atoms with E-state index in [0.717, 1.165) is 23.5 Å². The van der Waals surface area contributed by atoms with E-state index in [1.165, 1.54) is 0 Å². The zero-order valence-corrected chi connectivity index (χ0v) is 19.1. The highest BCUT2D eigenvalue weighted by molar-refractivity contribution is 5.82. The van der Waals surface area contributed by atoms with Crippen LogP contribution in [0.1, 0.15) is 46.9 Å². The number of pyridine rings is 1. The van der Waals surface area contributed by atoms with Crippen molar-refractivity contribution in [1.82, 2.24) is 19.6 Å². The molecular weight excluding hydrogens is 396 g/mol. The number of rotatable bonds is 4.